The second kappa shape index (κ2) is 8.08. The van der Waals surface area contributed by atoms with Gasteiger partial charge in [0.2, 0.25) is 5.91 Å². The van der Waals surface area contributed by atoms with Crippen molar-refractivity contribution in [3.63, 3.8) is 0 Å². The topological polar surface area (TPSA) is 67.2 Å². The Hall–Kier alpha value is -2.51. The van der Waals surface area contributed by atoms with Crippen LogP contribution in [0, 0.1) is 5.92 Å². The molecule has 0 spiro atoms. The fraction of sp³-hybridized carbons (Fsp3) is 0.286. The third-order valence-corrected chi connectivity index (χ3v) is 6.52. The molecule has 0 bridgehead atoms. The van der Waals surface area contributed by atoms with Gasteiger partial charge in [-0.15, -0.1) is 11.8 Å². The van der Waals surface area contributed by atoms with E-state index in [0.29, 0.717) is 18.7 Å². The number of amides is 2. The molecule has 0 saturated carbocycles. The first-order valence-corrected chi connectivity index (χ1v) is 10.6. The van der Waals surface area contributed by atoms with Gasteiger partial charge >= 0.3 is 0 Å². The summed E-state index contributed by atoms with van der Waals surface area (Å²) in [5.41, 5.74) is 2.05. The van der Waals surface area contributed by atoms with Gasteiger partial charge in [0.25, 0.3) is 5.91 Å². The maximum Gasteiger partial charge on any atom is 0.251 e. The molecule has 2 aromatic rings. The summed E-state index contributed by atoms with van der Waals surface area (Å²) < 4.78 is 1.69. The number of fused-ring (bicyclic) bond motifs is 1. The van der Waals surface area contributed by atoms with Gasteiger partial charge in [-0.25, -0.2) is 0 Å². The Balaban J connectivity index is 1.56. The van der Waals surface area contributed by atoms with Crippen molar-refractivity contribution in [2.45, 2.75) is 23.6 Å². The molecule has 1 aromatic heterocycles. The van der Waals surface area contributed by atoms with Crippen molar-refractivity contribution in [2.24, 2.45) is 13.0 Å². The summed E-state index contributed by atoms with van der Waals surface area (Å²) in [6.07, 6.45) is 7.58. The first-order chi connectivity index (χ1) is 13.9. The van der Waals surface area contributed by atoms with Gasteiger partial charge in [0.15, 0.2) is 0 Å². The lowest BCUT2D eigenvalue weighted by atomic mass is 10.1. The van der Waals surface area contributed by atoms with Crippen LogP contribution in [-0.4, -0.2) is 33.4 Å². The van der Waals surface area contributed by atoms with Crippen LogP contribution in [0.15, 0.2) is 58.6 Å². The number of nitrogens with one attached hydrogen (secondary N) is 1. The van der Waals surface area contributed by atoms with Crippen LogP contribution in [0.3, 0.4) is 0 Å². The SMILES string of the molecule is CC1Sc2ccc(C(=O)NCc3ccn(C)n3)cc2N(CC2C=CC=C2Cl)C1=O. The highest BCUT2D eigenvalue weighted by Gasteiger charge is 2.33. The average molecular weight is 429 g/mol. The van der Waals surface area contributed by atoms with Crippen molar-refractivity contribution < 1.29 is 9.59 Å². The lowest BCUT2D eigenvalue weighted by Crippen LogP contribution is -2.42. The molecule has 6 nitrogen and oxygen atoms in total. The van der Waals surface area contributed by atoms with Gasteiger partial charge in [0, 0.05) is 41.2 Å². The average Bonchev–Trinajstić information content (AvgIpc) is 3.31. The second-order valence-corrected chi connectivity index (χ2v) is 8.92. The fourth-order valence-electron chi connectivity index (χ4n) is 3.41. The second-order valence-electron chi connectivity index (χ2n) is 7.10. The Morgan fingerprint density at radius 1 is 1.34 bits per heavy atom. The van der Waals surface area contributed by atoms with Crippen molar-refractivity contribution in [2.75, 3.05) is 11.4 Å². The quantitative estimate of drug-likeness (QED) is 0.791. The molecule has 1 N–H and O–H groups in total. The number of aryl methyl sites for hydroxylation is 1. The van der Waals surface area contributed by atoms with E-state index in [0.717, 1.165) is 21.3 Å². The van der Waals surface area contributed by atoms with Crippen LogP contribution in [0.4, 0.5) is 5.69 Å². The van der Waals surface area contributed by atoms with E-state index in [1.807, 2.05) is 50.5 Å². The Morgan fingerprint density at radius 3 is 2.86 bits per heavy atom. The number of carbonyl (C=O) groups is 2. The summed E-state index contributed by atoms with van der Waals surface area (Å²) in [5, 5.41) is 7.68. The highest BCUT2D eigenvalue weighted by atomic mass is 35.5. The van der Waals surface area contributed by atoms with Gasteiger partial charge in [0.1, 0.15) is 0 Å². The van der Waals surface area contributed by atoms with E-state index < -0.39 is 0 Å². The Morgan fingerprint density at radius 2 is 2.17 bits per heavy atom. The third-order valence-electron chi connectivity index (χ3n) is 4.96. The van der Waals surface area contributed by atoms with Crippen molar-refractivity contribution in [3.8, 4) is 0 Å². The van der Waals surface area contributed by atoms with Gasteiger partial charge in [-0.1, -0.05) is 23.8 Å². The number of anilines is 1. The van der Waals surface area contributed by atoms with Crippen LogP contribution < -0.4 is 10.2 Å². The number of rotatable bonds is 5. The first-order valence-electron chi connectivity index (χ1n) is 9.35. The fourth-order valence-corrected chi connectivity index (χ4v) is 4.67. The Labute approximate surface area is 178 Å². The Bertz CT molecular complexity index is 1030. The molecular formula is C21H21ClN4O2S. The summed E-state index contributed by atoms with van der Waals surface area (Å²) >= 11 is 7.79. The molecular weight excluding hydrogens is 408 g/mol. The zero-order valence-electron chi connectivity index (χ0n) is 16.1. The monoisotopic (exact) mass is 428 g/mol. The molecule has 1 aliphatic carbocycles. The number of thioether (sulfide) groups is 1. The van der Waals surface area contributed by atoms with E-state index in [1.165, 1.54) is 11.8 Å². The predicted molar refractivity (Wildman–Crippen MR) is 115 cm³/mol. The molecule has 8 heteroatoms. The first kappa shape index (κ1) is 19.8. The number of benzene rings is 1. The zero-order valence-corrected chi connectivity index (χ0v) is 17.7. The van der Waals surface area contributed by atoms with Gasteiger partial charge in [-0.2, -0.15) is 5.10 Å². The minimum atomic E-state index is -0.201. The standard InChI is InChI=1S/C21H21ClN4O2S/c1-13-21(28)26(12-15-4-3-5-17(15)22)18-10-14(6-7-19(18)29-13)20(27)23-11-16-8-9-25(2)24-16/h3-10,13,15H,11-12H2,1-2H3,(H,23,27). The minimum absolute atomic E-state index is 0.0228. The molecule has 2 atom stereocenters. The molecule has 2 heterocycles. The summed E-state index contributed by atoms with van der Waals surface area (Å²) in [6.45, 7) is 2.71. The summed E-state index contributed by atoms with van der Waals surface area (Å²) in [5.74, 6) is -0.197. The molecule has 2 aliphatic rings. The summed E-state index contributed by atoms with van der Waals surface area (Å²) in [7, 11) is 1.83. The lowest BCUT2D eigenvalue weighted by Gasteiger charge is -2.34. The van der Waals surface area contributed by atoms with Gasteiger partial charge in [-0.3, -0.25) is 14.3 Å². The summed E-state index contributed by atoms with van der Waals surface area (Å²) in [4.78, 5) is 28.3. The van der Waals surface area contributed by atoms with E-state index in [-0.39, 0.29) is 23.0 Å². The van der Waals surface area contributed by atoms with Gasteiger partial charge in [-0.05, 0) is 37.3 Å². The van der Waals surface area contributed by atoms with Crippen molar-refractivity contribution in [1.29, 1.82) is 0 Å². The molecule has 0 saturated heterocycles. The molecule has 1 aromatic carbocycles. The van der Waals surface area contributed by atoms with Crippen LogP contribution in [0.5, 0.6) is 0 Å². The number of allylic oxidation sites excluding steroid dienone is 2. The number of hydrogen-bond acceptors (Lipinski definition) is 4. The smallest absolute Gasteiger partial charge is 0.251 e. The number of hydrogen-bond donors (Lipinski definition) is 1. The minimum Gasteiger partial charge on any atom is -0.346 e. The van der Waals surface area contributed by atoms with Crippen molar-refractivity contribution >= 4 is 40.9 Å². The number of aromatic nitrogens is 2. The highest BCUT2D eigenvalue weighted by molar-refractivity contribution is 8.01. The van der Waals surface area contributed by atoms with Crippen LogP contribution in [-0.2, 0) is 18.4 Å². The van der Waals surface area contributed by atoms with Crippen LogP contribution in [0.25, 0.3) is 0 Å². The maximum atomic E-state index is 12.9. The van der Waals surface area contributed by atoms with E-state index in [9.17, 15) is 9.59 Å². The molecule has 1 aliphatic heterocycles. The van der Waals surface area contributed by atoms with E-state index in [2.05, 4.69) is 10.4 Å². The summed E-state index contributed by atoms with van der Waals surface area (Å²) in [6, 6.07) is 7.35. The lowest BCUT2D eigenvalue weighted by molar-refractivity contribution is -0.118. The molecule has 4 rings (SSSR count). The third kappa shape index (κ3) is 4.11. The van der Waals surface area contributed by atoms with Gasteiger partial charge in [0.05, 0.1) is 23.2 Å². The van der Waals surface area contributed by atoms with Crippen LogP contribution >= 0.6 is 23.4 Å². The van der Waals surface area contributed by atoms with E-state index in [4.69, 9.17) is 11.6 Å². The normalized spacial score (nSPS) is 20.6. The molecule has 0 fully saturated rings. The number of nitrogens with zero attached hydrogens (tertiary/aromatic N) is 3. The molecule has 2 amide bonds. The predicted octanol–water partition coefficient (Wildman–Crippen LogP) is 3.49. The van der Waals surface area contributed by atoms with E-state index >= 15 is 0 Å². The van der Waals surface area contributed by atoms with Crippen LogP contribution in [0.2, 0.25) is 0 Å². The number of carbonyl (C=O) groups excluding carboxylic acids is 2. The van der Waals surface area contributed by atoms with Gasteiger partial charge < -0.3 is 10.2 Å². The van der Waals surface area contributed by atoms with Crippen molar-refractivity contribution in [1.82, 2.24) is 15.1 Å². The highest BCUT2D eigenvalue weighted by Crippen LogP contribution is 2.41. The Kier molecular flexibility index (Phi) is 5.52. The maximum absolute atomic E-state index is 12.9. The zero-order chi connectivity index (χ0) is 20.5. The van der Waals surface area contributed by atoms with Crippen molar-refractivity contribution in [3.05, 3.63) is 65.0 Å². The molecule has 0 radical (unpaired) electrons. The van der Waals surface area contributed by atoms with E-state index in [1.54, 1.807) is 21.7 Å². The molecule has 150 valence electrons. The molecule has 2 unspecified atom stereocenters. The largest absolute Gasteiger partial charge is 0.346 e. The molecule has 29 heavy (non-hydrogen) atoms. The van der Waals surface area contributed by atoms with Crippen LogP contribution in [0.1, 0.15) is 23.0 Å². The number of halogens is 1.